The van der Waals surface area contributed by atoms with Gasteiger partial charge in [-0.3, -0.25) is 4.79 Å². The highest BCUT2D eigenvalue weighted by atomic mass is 35.5. The number of carbonyl (C=O) groups excluding carboxylic acids is 1. The van der Waals surface area contributed by atoms with Crippen LogP contribution in [0.3, 0.4) is 0 Å². The molecular formula is C19H14ClN3O. The molecule has 0 bridgehead atoms. The molecule has 0 spiro atoms. The summed E-state index contributed by atoms with van der Waals surface area (Å²) in [5.74, 6) is -0.233. The van der Waals surface area contributed by atoms with Crippen molar-refractivity contribution in [2.45, 2.75) is 0 Å². The topological polar surface area (TPSA) is 49.8 Å². The molecule has 5 heteroatoms. The van der Waals surface area contributed by atoms with E-state index in [1.807, 2.05) is 65.6 Å². The number of hydrogen-bond donors (Lipinski definition) is 2. The van der Waals surface area contributed by atoms with Gasteiger partial charge in [0.05, 0.1) is 10.6 Å². The Balaban J connectivity index is 1.65. The average molecular weight is 336 g/mol. The van der Waals surface area contributed by atoms with Crippen LogP contribution in [0.2, 0.25) is 5.02 Å². The van der Waals surface area contributed by atoms with Crippen LogP contribution in [0.25, 0.3) is 16.6 Å². The molecule has 0 radical (unpaired) electrons. The van der Waals surface area contributed by atoms with Crippen LogP contribution in [0.1, 0.15) is 10.4 Å². The first-order valence-corrected chi connectivity index (χ1v) is 7.90. The molecule has 1 amide bonds. The third-order valence-electron chi connectivity index (χ3n) is 3.91. The van der Waals surface area contributed by atoms with Crippen molar-refractivity contribution >= 4 is 34.1 Å². The van der Waals surface area contributed by atoms with Crippen LogP contribution < -0.4 is 5.32 Å². The van der Waals surface area contributed by atoms with E-state index >= 15 is 0 Å². The van der Waals surface area contributed by atoms with E-state index in [0.29, 0.717) is 10.6 Å². The molecule has 0 aliphatic heterocycles. The quantitative estimate of drug-likeness (QED) is 0.551. The second-order valence-corrected chi connectivity index (χ2v) is 5.90. The molecular weight excluding hydrogens is 322 g/mol. The molecule has 2 N–H and O–H groups in total. The highest BCUT2D eigenvalue weighted by molar-refractivity contribution is 6.34. The Morgan fingerprint density at radius 3 is 2.71 bits per heavy atom. The van der Waals surface area contributed by atoms with Crippen LogP contribution in [0, 0.1) is 0 Å². The van der Waals surface area contributed by atoms with Crippen molar-refractivity contribution in [3.63, 3.8) is 0 Å². The lowest BCUT2D eigenvalue weighted by Gasteiger charge is -2.10. The summed E-state index contributed by atoms with van der Waals surface area (Å²) in [6.45, 7) is 0. The molecule has 0 aliphatic carbocycles. The summed E-state index contributed by atoms with van der Waals surface area (Å²) in [7, 11) is 0. The summed E-state index contributed by atoms with van der Waals surface area (Å²) in [5, 5.41) is 4.37. The Morgan fingerprint density at radius 1 is 1.04 bits per heavy atom. The lowest BCUT2D eigenvalue weighted by Crippen LogP contribution is -2.13. The number of rotatable bonds is 3. The van der Waals surface area contributed by atoms with Gasteiger partial charge in [-0.15, -0.1) is 0 Å². The van der Waals surface area contributed by atoms with Crippen LogP contribution in [0.4, 0.5) is 5.69 Å². The van der Waals surface area contributed by atoms with Crippen LogP contribution in [0.5, 0.6) is 0 Å². The molecule has 4 rings (SSSR count). The Kier molecular flexibility index (Phi) is 3.59. The SMILES string of the molecule is O=C(Nc1ccc2[nH]ccc2c1)c1cc(-n2cccc2)ccc1Cl. The van der Waals surface area contributed by atoms with E-state index in [9.17, 15) is 4.79 Å². The number of nitrogens with zero attached hydrogens (tertiary/aromatic N) is 1. The Hall–Kier alpha value is -2.98. The smallest absolute Gasteiger partial charge is 0.257 e. The molecule has 4 nitrogen and oxygen atoms in total. The number of amides is 1. The summed E-state index contributed by atoms with van der Waals surface area (Å²) in [6.07, 6.45) is 5.71. The Bertz CT molecular complexity index is 1020. The fourth-order valence-electron chi connectivity index (χ4n) is 2.68. The van der Waals surface area contributed by atoms with Gasteiger partial charge in [-0.1, -0.05) is 11.6 Å². The summed E-state index contributed by atoms with van der Waals surface area (Å²) < 4.78 is 1.93. The lowest BCUT2D eigenvalue weighted by atomic mass is 10.1. The van der Waals surface area contributed by atoms with E-state index in [-0.39, 0.29) is 5.91 Å². The van der Waals surface area contributed by atoms with Gasteiger partial charge >= 0.3 is 0 Å². The molecule has 0 saturated carbocycles. The molecule has 4 aromatic rings. The zero-order chi connectivity index (χ0) is 16.5. The zero-order valence-electron chi connectivity index (χ0n) is 12.7. The monoisotopic (exact) mass is 335 g/mol. The number of aromatic nitrogens is 2. The van der Waals surface area contributed by atoms with Gasteiger partial charge < -0.3 is 14.9 Å². The van der Waals surface area contributed by atoms with E-state index in [4.69, 9.17) is 11.6 Å². The third-order valence-corrected chi connectivity index (χ3v) is 4.24. The normalized spacial score (nSPS) is 10.9. The van der Waals surface area contributed by atoms with Gasteiger partial charge in [-0.2, -0.15) is 0 Å². The standard InChI is InChI=1S/C19H14ClN3O/c20-17-5-4-15(23-9-1-2-10-23)12-16(17)19(24)22-14-3-6-18-13(11-14)7-8-21-18/h1-12,21H,(H,22,24). The van der Waals surface area contributed by atoms with E-state index in [2.05, 4.69) is 10.3 Å². The third kappa shape index (κ3) is 2.68. The minimum absolute atomic E-state index is 0.233. The molecule has 2 aromatic heterocycles. The summed E-state index contributed by atoms with van der Waals surface area (Å²) >= 11 is 6.22. The minimum atomic E-state index is -0.233. The molecule has 2 aromatic carbocycles. The number of nitrogens with one attached hydrogen (secondary N) is 2. The molecule has 24 heavy (non-hydrogen) atoms. The van der Waals surface area contributed by atoms with Crippen LogP contribution in [-0.2, 0) is 0 Å². The fraction of sp³-hybridized carbons (Fsp3) is 0. The number of H-pyrrole nitrogens is 1. The highest BCUT2D eigenvalue weighted by Crippen LogP contribution is 2.23. The maximum atomic E-state index is 12.6. The second-order valence-electron chi connectivity index (χ2n) is 5.49. The van der Waals surface area contributed by atoms with Crippen molar-refractivity contribution in [2.75, 3.05) is 5.32 Å². The van der Waals surface area contributed by atoms with Gasteiger partial charge in [0, 0.05) is 40.9 Å². The largest absolute Gasteiger partial charge is 0.361 e. The van der Waals surface area contributed by atoms with E-state index in [1.165, 1.54) is 0 Å². The minimum Gasteiger partial charge on any atom is -0.361 e. The van der Waals surface area contributed by atoms with Gasteiger partial charge in [0.2, 0.25) is 0 Å². The van der Waals surface area contributed by atoms with Gasteiger partial charge in [-0.25, -0.2) is 0 Å². The molecule has 0 fully saturated rings. The van der Waals surface area contributed by atoms with Gasteiger partial charge in [0.1, 0.15) is 0 Å². The van der Waals surface area contributed by atoms with E-state index < -0.39 is 0 Å². The molecule has 0 saturated heterocycles. The molecule has 0 unspecified atom stereocenters. The lowest BCUT2D eigenvalue weighted by molar-refractivity contribution is 0.102. The number of anilines is 1. The van der Waals surface area contributed by atoms with Crippen molar-refractivity contribution in [1.29, 1.82) is 0 Å². The van der Waals surface area contributed by atoms with Crippen molar-refractivity contribution in [1.82, 2.24) is 9.55 Å². The van der Waals surface area contributed by atoms with Crippen LogP contribution >= 0.6 is 11.6 Å². The Morgan fingerprint density at radius 2 is 1.88 bits per heavy atom. The highest BCUT2D eigenvalue weighted by Gasteiger charge is 2.12. The van der Waals surface area contributed by atoms with E-state index in [0.717, 1.165) is 22.3 Å². The zero-order valence-corrected chi connectivity index (χ0v) is 13.4. The van der Waals surface area contributed by atoms with Crippen molar-refractivity contribution < 1.29 is 4.79 Å². The summed E-state index contributed by atoms with van der Waals surface area (Å²) in [4.78, 5) is 15.7. The van der Waals surface area contributed by atoms with Gasteiger partial charge in [0.15, 0.2) is 0 Å². The maximum Gasteiger partial charge on any atom is 0.257 e. The molecule has 2 heterocycles. The number of benzene rings is 2. The first kappa shape index (κ1) is 14.6. The number of hydrogen-bond acceptors (Lipinski definition) is 1. The molecule has 118 valence electrons. The summed E-state index contributed by atoms with van der Waals surface area (Å²) in [5.41, 5.74) is 3.09. The molecule has 0 atom stereocenters. The van der Waals surface area contributed by atoms with Gasteiger partial charge in [-0.05, 0) is 54.6 Å². The number of aromatic amines is 1. The fourth-order valence-corrected chi connectivity index (χ4v) is 2.89. The van der Waals surface area contributed by atoms with Crippen molar-refractivity contribution in [3.8, 4) is 5.69 Å². The first-order valence-electron chi connectivity index (χ1n) is 7.52. The maximum absolute atomic E-state index is 12.6. The van der Waals surface area contributed by atoms with Crippen LogP contribution in [-0.4, -0.2) is 15.5 Å². The average Bonchev–Trinajstić information content (AvgIpc) is 3.26. The molecule has 0 aliphatic rings. The Labute approximate surface area is 143 Å². The number of halogens is 1. The predicted molar refractivity (Wildman–Crippen MR) is 97.0 cm³/mol. The van der Waals surface area contributed by atoms with E-state index in [1.54, 1.807) is 12.1 Å². The number of carbonyl (C=O) groups is 1. The van der Waals surface area contributed by atoms with Gasteiger partial charge in [0.25, 0.3) is 5.91 Å². The van der Waals surface area contributed by atoms with Crippen molar-refractivity contribution in [3.05, 3.63) is 83.8 Å². The number of fused-ring (bicyclic) bond motifs is 1. The summed E-state index contributed by atoms with van der Waals surface area (Å²) in [6, 6.07) is 16.9. The first-order chi connectivity index (χ1) is 11.7. The second kappa shape index (κ2) is 5.91. The van der Waals surface area contributed by atoms with Crippen LogP contribution in [0.15, 0.2) is 73.2 Å². The predicted octanol–water partition coefficient (Wildman–Crippen LogP) is 4.86. The van der Waals surface area contributed by atoms with Crippen molar-refractivity contribution in [2.24, 2.45) is 0 Å².